The summed E-state index contributed by atoms with van der Waals surface area (Å²) in [5.74, 6) is -1.23. The molecule has 0 atom stereocenters. The van der Waals surface area contributed by atoms with Gasteiger partial charge in [-0.2, -0.15) is 5.10 Å². The smallest absolute Gasteiger partial charge is 0.339 e. The van der Waals surface area contributed by atoms with E-state index in [1.165, 1.54) is 17.0 Å². The van der Waals surface area contributed by atoms with Crippen LogP contribution >= 0.6 is 0 Å². The lowest BCUT2D eigenvalue weighted by molar-refractivity contribution is 0.0690. The molecule has 7 heteroatoms. The number of ether oxygens (including phenoxy) is 1. The molecule has 0 saturated heterocycles. The monoisotopic (exact) mass is 379 g/mol. The van der Waals surface area contributed by atoms with Crippen LogP contribution < -0.4 is 4.74 Å². The van der Waals surface area contributed by atoms with E-state index in [4.69, 9.17) is 4.74 Å². The molecule has 0 spiro atoms. The Kier molecular flexibility index (Phi) is 5.44. The molecule has 0 fully saturated rings. The Morgan fingerprint density at radius 3 is 2.43 bits per heavy atom. The van der Waals surface area contributed by atoms with Crippen molar-refractivity contribution in [1.82, 2.24) is 14.7 Å². The highest BCUT2D eigenvalue weighted by atomic mass is 16.5. The summed E-state index contributed by atoms with van der Waals surface area (Å²) in [6.07, 6.45) is 3.33. The maximum Gasteiger partial charge on any atom is 0.339 e. The van der Waals surface area contributed by atoms with Crippen molar-refractivity contribution in [2.45, 2.75) is 6.61 Å². The van der Waals surface area contributed by atoms with Crippen LogP contribution in [0.4, 0.5) is 0 Å². The van der Waals surface area contributed by atoms with Gasteiger partial charge in [0.1, 0.15) is 17.9 Å². The molecule has 0 radical (unpaired) electrons. The fourth-order valence-electron chi connectivity index (χ4n) is 2.82. The summed E-state index contributed by atoms with van der Waals surface area (Å²) in [5, 5.41) is 13.8. The molecule has 2 aromatic carbocycles. The average molecular weight is 379 g/mol. The number of benzene rings is 2. The number of amides is 1. The van der Waals surface area contributed by atoms with E-state index in [-0.39, 0.29) is 23.8 Å². The Bertz CT molecular complexity index is 1010. The van der Waals surface area contributed by atoms with E-state index in [9.17, 15) is 14.7 Å². The van der Waals surface area contributed by atoms with Crippen molar-refractivity contribution in [3.63, 3.8) is 0 Å². The average Bonchev–Trinajstić information content (AvgIpc) is 3.11. The summed E-state index contributed by atoms with van der Waals surface area (Å²) in [7, 11) is 5.04. The summed E-state index contributed by atoms with van der Waals surface area (Å²) in [4.78, 5) is 26.0. The van der Waals surface area contributed by atoms with Gasteiger partial charge in [0.2, 0.25) is 0 Å². The van der Waals surface area contributed by atoms with Gasteiger partial charge in [0.25, 0.3) is 5.91 Å². The molecule has 3 rings (SSSR count). The van der Waals surface area contributed by atoms with Crippen LogP contribution in [0.2, 0.25) is 0 Å². The Balaban J connectivity index is 2.09. The summed E-state index contributed by atoms with van der Waals surface area (Å²) < 4.78 is 7.38. The molecule has 1 N–H and O–H groups in total. The van der Waals surface area contributed by atoms with Crippen LogP contribution in [0.1, 0.15) is 26.3 Å². The molecule has 3 aromatic rings. The van der Waals surface area contributed by atoms with Gasteiger partial charge in [-0.1, -0.05) is 30.3 Å². The van der Waals surface area contributed by atoms with Gasteiger partial charge in [-0.05, 0) is 23.3 Å². The summed E-state index contributed by atoms with van der Waals surface area (Å²) in [6.45, 7) is 0.197. The van der Waals surface area contributed by atoms with Crippen LogP contribution in [0.3, 0.4) is 0 Å². The number of rotatable bonds is 6. The molecule has 1 amide bonds. The van der Waals surface area contributed by atoms with Crippen molar-refractivity contribution >= 4 is 11.9 Å². The van der Waals surface area contributed by atoms with Crippen molar-refractivity contribution in [3.8, 4) is 16.9 Å². The van der Waals surface area contributed by atoms with Gasteiger partial charge in [0.15, 0.2) is 0 Å². The van der Waals surface area contributed by atoms with Crippen LogP contribution in [-0.2, 0) is 13.7 Å². The zero-order chi connectivity index (χ0) is 20.3. The number of hydrogen-bond acceptors (Lipinski definition) is 4. The van der Waals surface area contributed by atoms with Crippen molar-refractivity contribution in [2.75, 3.05) is 14.1 Å². The van der Waals surface area contributed by atoms with Gasteiger partial charge in [-0.15, -0.1) is 0 Å². The molecule has 0 aliphatic heterocycles. The Morgan fingerprint density at radius 2 is 1.86 bits per heavy atom. The fourth-order valence-corrected chi connectivity index (χ4v) is 2.82. The number of aromatic nitrogens is 2. The zero-order valence-electron chi connectivity index (χ0n) is 15.9. The van der Waals surface area contributed by atoms with E-state index in [2.05, 4.69) is 5.10 Å². The minimum Gasteiger partial charge on any atom is -0.488 e. The third-order valence-electron chi connectivity index (χ3n) is 4.24. The third-order valence-corrected chi connectivity index (χ3v) is 4.24. The van der Waals surface area contributed by atoms with Crippen LogP contribution in [0, 0.1) is 0 Å². The van der Waals surface area contributed by atoms with E-state index in [0.717, 1.165) is 5.56 Å². The first-order chi connectivity index (χ1) is 13.4. The molecule has 1 aromatic heterocycles. The molecule has 0 saturated carbocycles. The Morgan fingerprint density at radius 1 is 1.14 bits per heavy atom. The SMILES string of the molecule is CN(C)C(=O)c1cc(OCc2ccccc2)c(C(=O)O)cc1-c1cnn(C)c1. The van der Waals surface area contributed by atoms with E-state index in [0.29, 0.717) is 16.7 Å². The lowest BCUT2D eigenvalue weighted by Crippen LogP contribution is -2.23. The lowest BCUT2D eigenvalue weighted by atomic mass is 9.97. The maximum atomic E-state index is 12.7. The molecule has 7 nitrogen and oxygen atoms in total. The number of carboxylic acid groups (broad SMARTS) is 1. The highest BCUT2D eigenvalue weighted by Gasteiger charge is 2.22. The number of carboxylic acids is 1. The van der Waals surface area contributed by atoms with Gasteiger partial charge in [-0.25, -0.2) is 4.79 Å². The van der Waals surface area contributed by atoms with Crippen LogP contribution in [-0.4, -0.2) is 45.8 Å². The van der Waals surface area contributed by atoms with Gasteiger partial charge in [0, 0.05) is 32.9 Å². The highest BCUT2D eigenvalue weighted by Crippen LogP contribution is 2.32. The zero-order valence-corrected chi connectivity index (χ0v) is 15.9. The van der Waals surface area contributed by atoms with E-state index < -0.39 is 5.97 Å². The molecule has 28 heavy (non-hydrogen) atoms. The molecular formula is C21H21N3O4. The number of aromatic carboxylic acids is 1. The van der Waals surface area contributed by atoms with Crippen LogP contribution in [0.15, 0.2) is 54.9 Å². The van der Waals surface area contributed by atoms with E-state index >= 15 is 0 Å². The number of nitrogens with zero attached hydrogens (tertiary/aromatic N) is 3. The molecular weight excluding hydrogens is 358 g/mol. The Labute approximate surface area is 162 Å². The second kappa shape index (κ2) is 7.96. The summed E-state index contributed by atoms with van der Waals surface area (Å²) >= 11 is 0. The fraction of sp³-hybridized carbons (Fsp3) is 0.190. The first-order valence-corrected chi connectivity index (χ1v) is 8.65. The first-order valence-electron chi connectivity index (χ1n) is 8.65. The Hall–Kier alpha value is -3.61. The second-order valence-corrected chi connectivity index (χ2v) is 6.58. The predicted octanol–water partition coefficient (Wildman–Crippen LogP) is 3.07. The second-order valence-electron chi connectivity index (χ2n) is 6.58. The molecule has 0 aliphatic rings. The number of hydrogen-bond donors (Lipinski definition) is 1. The molecule has 1 heterocycles. The van der Waals surface area contributed by atoms with Gasteiger partial charge < -0.3 is 14.7 Å². The summed E-state index contributed by atoms with van der Waals surface area (Å²) in [5.41, 5.74) is 2.40. The molecule has 0 unspecified atom stereocenters. The molecule has 144 valence electrons. The van der Waals surface area contributed by atoms with E-state index in [1.807, 2.05) is 30.3 Å². The van der Waals surface area contributed by atoms with Crippen LogP contribution in [0.5, 0.6) is 5.75 Å². The highest BCUT2D eigenvalue weighted by molar-refractivity contribution is 6.04. The first kappa shape index (κ1) is 19.2. The third kappa shape index (κ3) is 4.03. The van der Waals surface area contributed by atoms with Gasteiger partial charge in [0.05, 0.1) is 11.8 Å². The number of carbonyl (C=O) groups is 2. The number of aryl methyl sites for hydroxylation is 1. The minimum atomic E-state index is -1.13. The molecule has 0 aliphatic carbocycles. The standard InChI is InChI=1S/C21H21N3O4/c1-23(2)20(25)17-10-19(28-13-14-7-5-4-6-8-14)18(21(26)27)9-16(17)15-11-22-24(3)12-15/h4-12H,13H2,1-3H3,(H,26,27). The summed E-state index contributed by atoms with van der Waals surface area (Å²) in [6, 6.07) is 12.4. The largest absolute Gasteiger partial charge is 0.488 e. The normalized spacial score (nSPS) is 10.5. The van der Waals surface area contributed by atoms with Gasteiger partial charge in [-0.3, -0.25) is 9.48 Å². The van der Waals surface area contributed by atoms with E-state index in [1.54, 1.807) is 38.2 Å². The van der Waals surface area contributed by atoms with Crippen molar-refractivity contribution < 1.29 is 19.4 Å². The lowest BCUT2D eigenvalue weighted by Gasteiger charge is -2.17. The quantitative estimate of drug-likeness (QED) is 0.711. The van der Waals surface area contributed by atoms with Crippen molar-refractivity contribution in [2.24, 2.45) is 7.05 Å². The number of carbonyl (C=O) groups excluding carboxylic acids is 1. The maximum absolute atomic E-state index is 12.7. The predicted molar refractivity (Wildman–Crippen MR) is 104 cm³/mol. The minimum absolute atomic E-state index is 0.00918. The van der Waals surface area contributed by atoms with Crippen molar-refractivity contribution in [3.05, 3.63) is 71.5 Å². The van der Waals surface area contributed by atoms with Crippen LogP contribution in [0.25, 0.3) is 11.1 Å². The molecule has 0 bridgehead atoms. The topological polar surface area (TPSA) is 84.7 Å². The van der Waals surface area contributed by atoms with Gasteiger partial charge >= 0.3 is 5.97 Å². The van der Waals surface area contributed by atoms with Crippen molar-refractivity contribution in [1.29, 1.82) is 0 Å².